The van der Waals surface area contributed by atoms with Crippen molar-refractivity contribution in [2.45, 2.75) is 32.9 Å². The van der Waals surface area contributed by atoms with Gasteiger partial charge in [-0.1, -0.05) is 19.1 Å². The first-order valence-electron chi connectivity index (χ1n) is 10.6. The minimum absolute atomic E-state index is 0.0639. The Morgan fingerprint density at radius 1 is 1.12 bits per heavy atom. The van der Waals surface area contributed by atoms with Crippen molar-refractivity contribution < 1.29 is 23.4 Å². The van der Waals surface area contributed by atoms with Crippen molar-refractivity contribution in [2.75, 3.05) is 26.8 Å². The molecule has 2 aromatic carbocycles. The molecule has 0 spiro atoms. The number of rotatable bonds is 11. The maximum absolute atomic E-state index is 14.4. The van der Waals surface area contributed by atoms with Crippen LogP contribution in [0.1, 0.15) is 24.6 Å². The lowest BCUT2D eigenvalue weighted by Crippen LogP contribution is -2.34. The molecular formula is C24H29F2N3O3. The first kappa shape index (κ1) is 23.8. The molecule has 3 aromatic rings. The Labute approximate surface area is 187 Å². The van der Waals surface area contributed by atoms with Gasteiger partial charge in [-0.15, -0.1) is 0 Å². The summed E-state index contributed by atoms with van der Waals surface area (Å²) in [6.45, 7) is 5.70. The molecule has 1 heterocycles. The van der Waals surface area contributed by atoms with Crippen LogP contribution in [0.5, 0.6) is 11.6 Å². The van der Waals surface area contributed by atoms with Gasteiger partial charge in [-0.3, -0.25) is 4.90 Å². The largest absolute Gasteiger partial charge is 0.435 e. The van der Waals surface area contributed by atoms with Gasteiger partial charge in [0, 0.05) is 26.7 Å². The summed E-state index contributed by atoms with van der Waals surface area (Å²) in [6, 6.07) is 12.0. The highest BCUT2D eigenvalue weighted by Crippen LogP contribution is 2.32. The van der Waals surface area contributed by atoms with Gasteiger partial charge in [0.05, 0.1) is 29.7 Å². The van der Waals surface area contributed by atoms with Gasteiger partial charge in [-0.2, -0.15) is 5.10 Å². The molecule has 8 heteroatoms. The van der Waals surface area contributed by atoms with Crippen LogP contribution < -0.4 is 4.74 Å². The summed E-state index contributed by atoms with van der Waals surface area (Å²) in [5.41, 5.74) is 2.02. The minimum Gasteiger partial charge on any atom is -0.435 e. The van der Waals surface area contributed by atoms with Crippen LogP contribution in [0.4, 0.5) is 8.78 Å². The molecule has 0 aliphatic heterocycles. The molecule has 0 fully saturated rings. The van der Waals surface area contributed by atoms with Gasteiger partial charge in [0.2, 0.25) is 5.88 Å². The van der Waals surface area contributed by atoms with Gasteiger partial charge >= 0.3 is 0 Å². The molecule has 0 radical (unpaired) electrons. The third-order valence-electron chi connectivity index (χ3n) is 5.19. The fourth-order valence-electron chi connectivity index (χ4n) is 3.32. The highest BCUT2D eigenvalue weighted by molar-refractivity contribution is 5.43. The van der Waals surface area contributed by atoms with E-state index >= 15 is 0 Å². The van der Waals surface area contributed by atoms with Crippen molar-refractivity contribution in [1.82, 2.24) is 14.7 Å². The second kappa shape index (κ2) is 11.2. The maximum atomic E-state index is 14.4. The highest BCUT2D eigenvalue weighted by atomic mass is 19.1. The zero-order valence-electron chi connectivity index (χ0n) is 18.6. The molecule has 6 nitrogen and oxygen atoms in total. The van der Waals surface area contributed by atoms with E-state index in [1.54, 1.807) is 42.1 Å². The Morgan fingerprint density at radius 3 is 2.50 bits per heavy atom. The Bertz CT molecular complexity index is 1010. The molecule has 0 saturated heterocycles. The molecule has 0 unspecified atom stereocenters. The second-order valence-electron chi connectivity index (χ2n) is 7.58. The standard InChI is InChI=1S/C24H29F2N3O3/c1-4-20(30)15-28(13-14-31-3)16-21-17(2)27-29(19-11-9-18(25)10-12-19)24(21)32-23-8-6-5-7-22(23)26/h5-12,20,30H,4,13-16H2,1-3H3/t20-/m1/s1. The van der Waals surface area contributed by atoms with Crippen molar-refractivity contribution in [3.8, 4) is 17.3 Å². The van der Waals surface area contributed by atoms with E-state index in [9.17, 15) is 13.9 Å². The van der Waals surface area contributed by atoms with Crippen LogP contribution >= 0.6 is 0 Å². The van der Waals surface area contributed by atoms with Crippen LogP contribution in [0, 0.1) is 18.6 Å². The zero-order chi connectivity index (χ0) is 23.1. The molecule has 0 bridgehead atoms. The normalized spacial score (nSPS) is 12.3. The number of ether oxygens (including phenoxy) is 2. The van der Waals surface area contributed by atoms with E-state index < -0.39 is 11.9 Å². The summed E-state index contributed by atoms with van der Waals surface area (Å²) < 4.78 is 40.7. The van der Waals surface area contributed by atoms with E-state index in [1.807, 2.05) is 18.7 Å². The average molecular weight is 446 g/mol. The number of nitrogens with zero attached hydrogens (tertiary/aromatic N) is 3. The van der Waals surface area contributed by atoms with Crippen LogP contribution in [0.2, 0.25) is 0 Å². The number of benzene rings is 2. The Kier molecular flexibility index (Phi) is 8.33. The van der Waals surface area contributed by atoms with E-state index in [0.717, 1.165) is 5.56 Å². The second-order valence-corrected chi connectivity index (χ2v) is 7.58. The number of aryl methyl sites for hydroxylation is 1. The first-order valence-corrected chi connectivity index (χ1v) is 10.6. The molecule has 172 valence electrons. The number of aliphatic hydroxyl groups is 1. The van der Waals surface area contributed by atoms with Crippen molar-refractivity contribution in [1.29, 1.82) is 0 Å². The van der Waals surface area contributed by atoms with Crippen LogP contribution in [0.3, 0.4) is 0 Å². The Morgan fingerprint density at radius 2 is 1.84 bits per heavy atom. The number of methoxy groups -OCH3 is 1. The van der Waals surface area contributed by atoms with Crippen molar-refractivity contribution in [3.05, 3.63) is 71.4 Å². The Balaban J connectivity index is 2.03. The SMILES string of the molecule is CC[C@@H](O)CN(CCOC)Cc1c(C)nn(-c2ccc(F)cc2)c1Oc1ccccc1F. The molecule has 0 aliphatic rings. The zero-order valence-corrected chi connectivity index (χ0v) is 18.6. The molecule has 0 amide bonds. The minimum atomic E-state index is -0.499. The van der Waals surface area contributed by atoms with Crippen LogP contribution in [0.25, 0.3) is 5.69 Å². The van der Waals surface area contributed by atoms with Crippen LogP contribution in [-0.2, 0) is 11.3 Å². The molecule has 1 atom stereocenters. The van der Waals surface area contributed by atoms with E-state index in [4.69, 9.17) is 9.47 Å². The molecule has 0 saturated carbocycles. The van der Waals surface area contributed by atoms with E-state index in [2.05, 4.69) is 5.10 Å². The van der Waals surface area contributed by atoms with E-state index in [1.165, 1.54) is 18.2 Å². The monoisotopic (exact) mass is 445 g/mol. The number of aliphatic hydroxyl groups excluding tert-OH is 1. The van der Waals surface area contributed by atoms with Crippen molar-refractivity contribution >= 4 is 0 Å². The van der Waals surface area contributed by atoms with Gasteiger partial charge in [0.1, 0.15) is 5.82 Å². The smallest absolute Gasteiger partial charge is 0.227 e. The highest BCUT2D eigenvalue weighted by Gasteiger charge is 2.23. The maximum Gasteiger partial charge on any atom is 0.227 e. The van der Waals surface area contributed by atoms with E-state index in [0.29, 0.717) is 49.9 Å². The first-order chi connectivity index (χ1) is 15.4. The van der Waals surface area contributed by atoms with Gasteiger partial charge in [-0.05, 0) is 49.7 Å². The number of aromatic nitrogens is 2. The quantitative estimate of drug-likeness (QED) is 0.472. The number of hydrogen-bond donors (Lipinski definition) is 1. The van der Waals surface area contributed by atoms with Gasteiger partial charge in [0.15, 0.2) is 11.6 Å². The molecule has 1 aromatic heterocycles. The average Bonchev–Trinajstić information content (AvgIpc) is 3.09. The van der Waals surface area contributed by atoms with Crippen LogP contribution in [0.15, 0.2) is 48.5 Å². The summed E-state index contributed by atoms with van der Waals surface area (Å²) in [4.78, 5) is 2.05. The predicted octanol–water partition coefficient (Wildman–Crippen LogP) is 4.47. The summed E-state index contributed by atoms with van der Waals surface area (Å²) in [5, 5.41) is 14.8. The van der Waals surface area contributed by atoms with Gasteiger partial charge in [-0.25, -0.2) is 13.5 Å². The molecule has 3 rings (SSSR count). The topological polar surface area (TPSA) is 59.8 Å². The van der Waals surface area contributed by atoms with Crippen molar-refractivity contribution in [2.24, 2.45) is 0 Å². The molecule has 32 heavy (non-hydrogen) atoms. The van der Waals surface area contributed by atoms with Gasteiger partial charge in [0.25, 0.3) is 0 Å². The predicted molar refractivity (Wildman–Crippen MR) is 118 cm³/mol. The summed E-state index contributed by atoms with van der Waals surface area (Å²) >= 11 is 0. The third kappa shape index (κ3) is 5.91. The van der Waals surface area contributed by atoms with Crippen LogP contribution in [-0.4, -0.2) is 52.7 Å². The number of para-hydroxylation sites is 1. The molecular weight excluding hydrogens is 416 g/mol. The number of hydrogen-bond acceptors (Lipinski definition) is 5. The third-order valence-corrected chi connectivity index (χ3v) is 5.19. The lowest BCUT2D eigenvalue weighted by Gasteiger charge is -2.24. The summed E-state index contributed by atoms with van der Waals surface area (Å²) in [5.74, 6) is -0.462. The van der Waals surface area contributed by atoms with Gasteiger partial charge < -0.3 is 14.6 Å². The van der Waals surface area contributed by atoms with Crippen molar-refractivity contribution in [3.63, 3.8) is 0 Å². The molecule has 0 aliphatic carbocycles. The lowest BCUT2D eigenvalue weighted by molar-refractivity contribution is 0.0825. The van der Waals surface area contributed by atoms with E-state index in [-0.39, 0.29) is 11.6 Å². The number of halogens is 2. The fourth-order valence-corrected chi connectivity index (χ4v) is 3.32. The summed E-state index contributed by atoms with van der Waals surface area (Å²) in [6.07, 6.45) is 0.130. The molecule has 1 N–H and O–H groups in total. The fraction of sp³-hybridized carbons (Fsp3) is 0.375. The lowest BCUT2D eigenvalue weighted by atomic mass is 10.2. The summed E-state index contributed by atoms with van der Waals surface area (Å²) in [7, 11) is 1.62. The Hall–Kier alpha value is -2.81.